The van der Waals surface area contributed by atoms with Gasteiger partial charge in [-0.1, -0.05) is 37.6 Å². The van der Waals surface area contributed by atoms with Crippen LogP contribution in [-0.2, 0) is 6.54 Å². The van der Waals surface area contributed by atoms with E-state index in [1.165, 1.54) is 0 Å². The van der Waals surface area contributed by atoms with Crippen LogP contribution in [0.15, 0.2) is 46.6 Å². The monoisotopic (exact) mass is 426 g/mol. The second-order valence-electron chi connectivity index (χ2n) is 7.38. The van der Waals surface area contributed by atoms with Gasteiger partial charge in [0.2, 0.25) is 5.88 Å². The van der Waals surface area contributed by atoms with Crippen molar-refractivity contribution in [2.75, 3.05) is 19.6 Å². The standard InChI is InChI=1S/C23H27ClN4O2/c1-4-27(5-2)10-7-11-28-15(3)12-19-21(23(28)29)20(18(14-25)22(26)30-19)16-8-6-9-17(24)13-16/h6,8-9,12-13,20H,4-5,7,10-11,26H2,1-3H3/t20-/m1/s1. The number of nitriles is 1. The van der Waals surface area contributed by atoms with Crippen molar-refractivity contribution >= 4 is 11.6 Å². The zero-order valence-electron chi connectivity index (χ0n) is 17.6. The Morgan fingerprint density at radius 2 is 2.03 bits per heavy atom. The average Bonchev–Trinajstić information content (AvgIpc) is 2.72. The van der Waals surface area contributed by atoms with Crippen LogP contribution in [0.1, 0.15) is 43.0 Å². The highest BCUT2D eigenvalue weighted by Crippen LogP contribution is 2.40. The summed E-state index contributed by atoms with van der Waals surface area (Å²) >= 11 is 6.19. The zero-order valence-corrected chi connectivity index (χ0v) is 18.4. The van der Waals surface area contributed by atoms with Gasteiger partial charge in [0.1, 0.15) is 17.4 Å². The van der Waals surface area contributed by atoms with Crippen molar-refractivity contribution in [1.29, 1.82) is 5.26 Å². The fraction of sp³-hybridized carbons (Fsp3) is 0.391. The van der Waals surface area contributed by atoms with Gasteiger partial charge < -0.3 is 19.9 Å². The minimum atomic E-state index is -0.611. The molecule has 1 aromatic heterocycles. The Hall–Kier alpha value is -2.75. The molecule has 158 valence electrons. The lowest BCUT2D eigenvalue weighted by Gasteiger charge is -2.27. The third kappa shape index (κ3) is 4.23. The molecule has 0 amide bonds. The van der Waals surface area contributed by atoms with Crippen LogP contribution in [0.3, 0.4) is 0 Å². The summed E-state index contributed by atoms with van der Waals surface area (Å²) in [6, 6.07) is 11.1. The van der Waals surface area contributed by atoms with Gasteiger partial charge in [-0.25, -0.2) is 0 Å². The molecule has 2 heterocycles. The molecule has 1 atom stereocenters. The molecule has 30 heavy (non-hydrogen) atoms. The molecule has 0 bridgehead atoms. The first-order valence-electron chi connectivity index (χ1n) is 10.2. The number of hydrogen-bond donors (Lipinski definition) is 1. The molecule has 1 aliphatic heterocycles. The van der Waals surface area contributed by atoms with Gasteiger partial charge in [-0.15, -0.1) is 0 Å². The Morgan fingerprint density at radius 1 is 1.30 bits per heavy atom. The lowest BCUT2D eigenvalue weighted by Crippen LogP contribution is -2.33. The highest BCUT2D eigenvalue weighted by Gasteiger charge is 2.34. The largest absolute Gasteiger partial charge is 0.440 e. The van der Waals surface area contributed by atoms with Crippen molar-refractivity contribution in [3.63, 3.8) is 0 Å². The van der Waals surface area contributed by atoms with Crippen molar-refractivity contribution < 1.29 is 4.74 Å². The molecule has 0 saturated carbocycles. The predicted molar refractivity (Wildman–Crippen MR) is 119 cm³/mol. The molecule has 7 heteroatoms. The minimum absolute atomic E-state index is 0.0214. The molecule has 6 nitrogen and oxygen atoms in total. The van der Waals surface area contributed by atoms with E-state index < -0.39 is 5.92 Å². The summed E-state index contributed by atoms with van der Waals surface area (Å²) in [4.78, 5) is 15.9. The number of aryl methyl sites for hydroxylation is 1. The number of halogens is 1. The van der Waals surface area contributed by atoms with E-state index in [9.17, 15) is 10.1 Å². The van der Waals surface area contributed by atoms with Crippen LogP contribution < -0.4 is 16.0 Å². The van der Waals surface area contributed by atoms with Crippen LogP contribution in [-0.4, -0.2) is 29.1 Å². The van der Waals surface area contributed by atoms with E-state index >= 15 is 0 Å². The van der Waals surface area contributed by atoms with Crippen LogP contribution in [0.5, 0.6) is 5.75 Å². The summed E-state index contributed by atoms with van der Waals surface area (Å²) in [5, 5.41) is 10.3. The number of hydrogen-bond acceptors (Lipinski definition) is 5. The van der Waals surface area contributed by atoms with Gasteiger partial charge in [0, 0.05) is 23.3 Å². The van der Waals surface area contributed by atoms with Gasteiger partial charge in [-0.05, 0) is 50.7 Å². The third-order valence-electron chi connectivity index (χ3n) is 5.62. The topological polar surface area (TPSA) is 84.3 Å². The molecule has 2 N–H and O–H groups in total. The molecule has 0 aliphatic carbocycles. The van der Waals surface area contributed by atoms with Crippen LogP contribution in [0, 0.1) is 18.3 Å². The second-order valence-corrected chi connectivity index (χ2v) is 7.82. The first-order chi connectivity index (χ1) is 14.4. The van der Waals surface area contributed by atoms with Gasteiger partial charge in [0.25, 0.3) is 5.56 Å². The van der Waals surface area contributed by atoms with Gasteiger partial charge in [0.15, 0.2) is 0 Å². The van der Waals surface area contributed by atoms with Gasteiger partial charge in [-0.3, -0.25) is 4.79 Å². The van der Waals surface area contributed by atoms with Crippen molar-refractivity contribution in [2.45, 2.75) is 39.7 Å². The Labute approximate surface area is 182 Å². The van der Waals surface area contributed by atoms with Crippen LogP contribution in [0.25, 0.3) is 0 Å². The number of aromatic nitrogens is 1. The predicted octanol–water partition coefficient (Wildman–Crippen LogP) is 3.76. The number of rotatable bonds is 7. The SMILES string of the molecule is CCN(CC)CCCn1c(C)cc2c(c1=O)[C@H](c1cccc(Cl)c1)C(C#N)=C(N)O2. The van der Waals surface area contributed by atoms with Gasteiger partial charge in [-0.2, -0.15) is 5.26 Å². The molecule has 0 spiro atoms. The summed E-state index contributed by atoms with van der Waals surface area (Å²) in [6.07, 6.45) is 0.854. The number of benzene rings is 1. The quantitative estimate of drug-likeness (QED) is 0.728. The number of ether oxygens (including phenoxy) is 1. The van der Waals surface area contributed by atoms with Gasteiger partial charge >= 0.3 is 0 Å². The lowest BCUT2D eigenvalue weighted by molar-refractivity contribution is 0.292. The summed E-state index contributed by atoms with van der Waals surface area (Å²) < 4.78 is 7.46. The van der Waals surface area contributed by atoms with Crippen LogP contribution in [0.4, 0.5) is 0 Å². The van der Waals surface area contributed by atoms with Crippen molar-refractivity contribution in [3.05, 3.63) is 74.0 Å². The van der Waals surface area contributed by atoms with Crippen LogP contribution in [0.2, 0.25) is 5.02 Å². The maximum absolute atomic E-state index is 13.5. The molecular weight excluding hydrogens is 400 g/mol. The van der Waals surface area contributed by atoms with E-state index in [1.54, 1.807) is 22.8 Å². The molecule has 1 aliphatic rings. The smallest absolute Gasteiger partial charge is 0.258 e. The summed E-state index contributed by atoms with van der Waals surface area (Å²) in [7, 11) is 0. The number of nitrogens with zero attached hydrogens (tertiary/aromatic N) is 3. The maximum atomic E-state index is 13.5. The molecule has 0 radical (unpaired) electrons. The first-order valence-corrected chi connectivity index (χ1v) is 10.6. The highest BCUT2D eigenvalue weighted by atomic mass is 35.5. The van der Waals surface area contributed by atoms with Crippen molar-refractivity contribution in [1.82, 2.24) is 9.47 Å². The number of nitrogens with two attached hydrogens (primary N) is 1. The Balaban J connectivity index is 2.08. The van der Waals surface area contributed by atoms with E-state index in [2.05, 4.69) is 24.8 Å². The summed E-state index contributed by atoms with van der Waals surface area (Å²) in [5.74, 6) is -0.188. The maximum Gasteiger partial charge on any atom is 0.258 e. The number of allylic oxidation sites excluding steroid dienone is 1. The van der Waals surface area contributed by atoms with Crippen LogP contribution >= 0.6 is 11.6 Å². The average molecular weight is 427 g/mol. The zero-order chi connectivity index (χ0) is 21.8. The molecule has 0 unspecified atom stereocenters. The molecule has 3 rings (SSSR count). The third-order valence-corrected chi connectivity index (χ3v) is 5.86. The number of fused-ring (bicyclic) bond motifs is 1. The fourth-order valence-corrected chi connectivity index (χ4v) is 4.17. The molecule has 0 fully saturated rings. The summed E-state index contributed by atoms with van der Waals surface area (Å²) in [5.41, 5.74) is 8.07. The van der Waals surface area contributed by atoms with E-state index in [-0.39, 0.29) is 17.0 Å². The molecule has 1 aromatic carbocycles. The van der Waals surface area contributed by atoms with E-state index in [0.29, 0.717) is 22.9 Å². The normalized spacial score (nSPS) is 15.7. The first kappa shape index (κ1) is 21.9. The minimum Gasteiger partial charge on any atom is -0.440 e. The highest BCUT2D eigenvalue weighted by molar-refractivity contribution is 6.30. The Bertz CT molecular complexity index is 1060. The van der Waals surface area contributed by atoms with E-state index in [4.69, 9.17) is 22.1 Å². The van der Waals surface area contributed by atoms with E-state index in [1.807, 2.05) is 19.1 Å². The molecule has 2 aromatic rings. The second kappa shape index (κ2) is 9.38. The summed E-state index contributed by atoms with van der Waals surface area (Å²) in [6.45, 7) is 9.62. The molecular formula is C23H27ClN4O2. The fourth-order valence-electron chi connectivity index (χ4n) is 3.98. The van der Waals surface area contributed by atoms with E-state index in [0.717, 1.165) is 37.3 Å². The molecule has 0 saturated heterocycles. The van der Waals surface area contributed by atoms with Crippen molar-refractivity contribution in [2.24, 2.45) is 5.73 Å². The van der Waals surface area contributed by atoms with Crippen molar-refractivity contribution in [3.8, 4) is 11.8 Å². The Morgan fingerprint density at radius 3 is 2.67 bits per heavy atom. The van der Waals surface area contributed by atoms with Gasteiger partial charge in [0.05, 0.1) is 11.5 Å². The number of pyridine rings is 1. The Kier molecular flexibility index (Phi) is 6.86. The lowest BCUT2D eigenvalue weighted by atomic mass is 9.84.